The van der Waals surface area contributed by atoms with Gasteiger partial charge < -0.3 is 15.3 Å². The lowest BCUT2D eigenvalue weighted by atomic mass is 10.1. The van der Waals surface area contributed by atoms with Crippen molar-refractivity contribution in [3.63, 3.8) is 0 Å². The van der Waals surface area contributed by atoms with E-state index in [9.17, 15) is 19.5 Å². The summed E-state index contributed by atoms with van der Waals surface area (Å²) in [6.45, 7) is 4.31. The fourth-order valence-corrected chi connectivity index (χ4v) is 3.50. The Morgan fingerprint density at radius 3 is 2.73 bits per heavy atom. The number of carbonyl (C=O) groups excluding carboxylic acids is 3. The van der Waals surface area contributed by atoms with Crippen molar-refractivity contribution < 1.29 is 19.5 Å². The number of hydrogen-bond acceptors (Lipinski definition) is 5. The minimum Gasteiger partial charge on any atom is -0.386 e. The minimum absolute atomic E-state index is 0.264. The number of urea groups is 1. The van der Waals surface area contributed by atoms with E-state index in [0.29, 0.717) is 31.2 Å². The van der Waals surface area contributed by atoms with Crippen molar-refractivity contribution in [1.82, 2.24) is 24.9 Å². The van der Waals surface area contributed by atoms with E-state index < -0.39 is 23.6 Å². The summed E-state index contributed by atoms with van der Waals surface area (Å²) in [5, 5.41) is 17.3. The van der Waals surface area contributed by atoms with Crippen LogP contribution in [0.1, 0.15) is 44.2 Å². The summed E-state index contributed by atoms with van der Waals surface area (Å²) in [5.41, 5.74) is 0.538. The fraction of sp³-hybridized carbons (Fsp3) is 0.647. The van der Waals surface area contributed by atoms with Crippen molar-refractivity contribution in [3.05, 3.63) is 17.5 Å². The van der Waals surface area contributed by atoms with E-state index >= 15 is 0 Å². The molecule has 9 heteroatoms. The SMILES string of the molecule is CC1(C)NC(=O)N(CC(=O)N2CCn3nc([C@H](O)C4CC4)cc3C2)C1=O. The predicted molar refractivity (Wildman–Crippen MR) is 89.7 cm³/mol. The first kappa shape index (κ1) is 17.0. The van der Waals surface area contributed by atoms with Gasteiger partial charge in [-0.05, 0) is 38.7 Å². The van der Waals surface area contributed by atoms with Crippen molar-refractivity contribution in [2.45, 2.75) is 51.4 Å². The number of hydrogen-bond donors (Lipinski definition) is 2. The molecule has 1 aliphatic carbocycles. The third-order valence-electron chi connectivity index (χ3n) is 5.28. The number of carbonyl (C=O) groups is 3. The number of amides is 4. The molecule has 4 amide bonds. The van der Waals surface area contributed by atoms with Crippen LogP contribution in [0.15, 0.2) is 6.07 Å². The summed E-state index contributed by atoms with van der Waals surface area (Å²) in [4.78, 5) is 39.4. The van der Waals surface area contributed by atoms with Gasteiger partial charge in [-0.2, -0.15) is 5.10 Å². The summed E-state index contributed by atoms with van der Waals surface area (Å²) >= 11 is 0. The third-order valence-corrected chi connectivity index (χ3v) is 5.28. The van der Waals surface area contributed by atoms with Crippen LogP contribution < -0.4 is 5.32 Å². The average Bonchev–Trinajstić information content (AvgIpc) is 3.31. The Bertz CT molecular complexity index is 782. The first-order chi connectivity index (χ1) is 12.3. The molecule has 0 bridgehead atoms. The van der Waals surface area contributed by atoms with Gasteiger partial charge in [0.05, 0.1) is 24.5 Å². The smallest absolute Gasteiger partial charge is 0.325 e. The Kier molecular flexibility index (Phi) is 3.80. The number of aliphatic hydroxyl groups excluding tert-OH is 1. The highest BCUT2D eigenvalue weighted by Crippen LogP contribution is 2.40. The predicted octanol–water partition coefficient (Wildman–Crippen LogP) is -0.000900. The molecular formula is C17H23N5O4. The van der Waals surface area contributed by atoms with Crippen LogP contribution >= 0.6 is 0 Å². The van der Waals surface area contributed by atoms with Crippen molar-refractivity contribution in [2.75, 3.05) is 13.1 Å². The molecule has 0 spiro atoms. The molecule has 1 aromatic heterocycles. The summed E-state index contributed by atoms with van der Waals surface area (Å²) in [6.07, 6.45) is 1.51. The number of nitrogens with zero attached hydrogens (tertiary/aromatic N) is 4. The normalized spacial score (nSPS) is 23.0. The zero-order chi connectivity index (χ0) is 18.6. The Hall–Kier alpha value is -2.42. The number of aromatic nitrogens is 2. The second kappa shape index (κ2) is 5.80. The Balaban J connectivity index is 1.43. The maximum Gasteiger partial charge on any atom is 0.325 e. The monoisotopic (exact) mass is 361 g/mol. The number of nitrogens with one attached hydrogen (secondary N) is 1. The summed E-state index contributed by atoms with van der Waals surface area (Å²) in [6, 6.07) is 1.31. The first-order valence-electron chi connectivity index (χ1n) is 8.93. The highest BCUT2D eigenvalue weighted by Gasteiger charge is 2.45. The van der Waals surface area contributed by atoms with E-state index in [0.717, 1.165) is 23.4 Å². The molecule has 1 saturated carbocycles. The van der Waals surface area contributed by atoms with Crippen LogP contribution in [0.4, 0.5) is 4.79 Å². The van der Waals surface area contributed by atoms with Crippen LogP contribution in [0.2, 0.25) is 0 Å². The van der Waals surface area contributed by atoms with Gasteiger partial charge in [-0.25, -0.2) is 4.79 Å². The molecule has 9 nitrogen and oxygen atoms in total. The quantitative estimate of drug-likeness (QED) is 0.734. The third kappa shape index (κ3) is 2.86. The lowest BCUT2D eigenvalue weighted by Gasteiger charge is -2.28. The zero-order valence-corrected chi connectivity index (χ0v) is 14.9. The lowest BCUT2D eigenvalue weighted by molar-refractivity contribution is -0.139. The molecule has 2 N–H and O–H groups in total. The van der Waals surface area contributed by atoms with Crippen LogP contribution in [0.25, 0.3) is 0 Å². The average molecular weight is 361 g/mol. The maximum atomic E-state index is 12.6. The van der Waals surface area contributed by atoms with Crippen molar-refractivity contribution >= 4 is 17.8 Å². The molecule has 140 valence electrons. The van der Waals surface area contributed by atoms with Gasteiger partial charge in [0, 0.05) is 6.54 Å². The number of rotatable bonds is 4. The van der Waals surface area contributed by atoms with Crippen molar-refractivity contribution in [2.24, 2.45) is 5.92 Å². The molecule has 3 aliphatic rings. The Labute approximate surface area is 150 Å². The molecule has 4 rings (SSSR count). The second-order valence-electron chi connectivity index (χ2n) is 7.83. The van der Waals surface area contributed by atoms with Gasteiger partial charge in [0.25, 0.3) is 5.91 Å². The molecule has 26 heavy (non-hydrogen) atoms. The molecule has 0 unspecified atom stereocenters. The lowest BCUT2D eigenvalue weighted by Crippen LogP contribution is -2.46. The summed E-state index contributed by atoms with van der Waals surface area (Å²) in [5.74, 6) is -0.372. The molecule has 1 atom stereocenters. The molecule has 0 radical (unpaired) electrons. The van der Waals surface area contributed by atoms with E-state index in [2.05, 4.69) is 10.4 Å². The first-order valence-corrected chi connectivity index (χ1v) is 8.93. The van der Waals surface area contributed by atoms with Gasteiger partial charge in [0.1, 0.15) is 18.2 Å². The van der Waals surface area contributed by atoms with Crippen LogP contribution in [0.5, 0.6) is 0 Å². The molecule has 2 fully saturated rings. The molecular weight excluding hydrogens is 338 g/mol. The Morgan fingerprint density at radius 1 is 1.38 bits per heavy atom. The van der Waals surface area contributed by atoms with Crippen LogP contribution in [-0.4, -0.2) is 61.2 Å². The van der Waals surface area contributed by atoms with Gasteiger partial charge in [0.15, 0.2) is 0 Å². The van der Waals surface area contributed by atoms with Gasteiger partial charge in [-0.3, -0.25) is 19.2 Å². The van der Waals surface area contributed by atoms with Crippen molar-refractivity contribution in [1.29, 1.82) is 0 Å². The number of aliphatic hydroxyl groups is 1. The molecule has 0 aromatic carbocycles. The van der Waals surface area contributed by atoms with E-state index in [4.69, 9.17) is 0 Å². The van der Waals surface area contributed by atoms with Gasteiger partial charge in [0.2, 0.25) is 5.91 Å². The molecule has 3 heterocycles. The van der Waals surface area contributed by atoms with E-state index in [1.54, 1.807) is 18.7 Å². The Morgan fingerprint density at radius 2 is 2.12 bits per heavy atom. The van der Waals surface area contributed by atoms with Crippen LogP contribution in [-0.2, 0) is 22.7 Å². The van der Waals surface area contributed by atoms with Gasteiger partial charge >= 0.3 is 6.03 Å². The highest BCUT2D eigenvalue weighted by molar-refractivity contribution is 6.08. The number of fused-ring (bicyclic) bond motifs is 1. The van der Waals surface area contributed by atoms with E-state index in [1.807, 2.05) is 10.7 Å². The van der Waals surface area contributed by atoms with Crippen LogP contribution in [0, 0.1) is 5.92 Å². The summed E-state index contributed by atoms with van der Waals surface area (Å²) in [7, 11) is 0. The summed E-state index contributed by atoms with van der Waals surface area (Å²) < 4.78 is 1.82. The maximum absolute atomic E-state index is 12.6. The molecule has 2 aliphatic heterocycles. The molecule has 1 saturated heterocycles. The fourth-order valence-electron chi connectivity index (χ4n) is 3.50. The minimum atomic E-state index is -0.980. The number of imide groups is 1. The van der Waals surface area contributed by atoms with Crippen LogP contribution in [0.3, 0.4) is 0 Å². The van der Waals surface area contributed by atoms with E-state index in [1.165, 1.54) is 0 Å². The van der Waals surface area contributed by atoms with Gasteiger partial charge in [-0.15, -0.1) is 0 Å². The zero-order valence-electron chi connectivity index (χ0n) is 14.9. The van der Waals surface area contributed by atoms with E-state index in [-0.39, 0.29) is 12.5 Å². The molecule has 1 aromatic rings. The largest absolute Gasteiger partial charge is 0.386 e. The topological polar surface area (TPSA) is 108 Å². The van der Waals surface area contributed by atoms with Crippen molar-refractivity contribution in [3.8, 4) is 0 Å². The second-order valence-corrected chi connectivity index (χ2v) is 7.83. The van der Waals surface area contributed by atoms with Gasteiger partial charge in [-0.1, -0.05) is 0 Å². The highest BCUT2D eigenvalue weighted by atomic mass is 16.3. The standard InChI is InChI=1S/C17H23N5O4/c1-17(2)15(25)21(16(26)18-17)9-13(23)20-5-6-22-11(8-20)7-12(19-22)14(24)10-3-4-10/h7,10,14,24H,3-6,8-9H2,1-2H3,(H,18,26)/t14-/m1/s1.